The van der Waals surface area contributed by atoms with Crippen molar-refractivity contribution in [3.63, 3.8) is 0 Å². The third kappa shape index (κ3) is 4.67. The third-order valence-corrected chi connectivity index (χ3v) is 4.00. The molecule has 2 aromatic carbocycles. The quantitative estimate of drug-likeness (QED) is 0.508. The molecule has 0 fully saturated rings. The first-order chi connectivity index (χ1) is 14.0. The molecular weight excluding hydrogens is 376 g/mol. The zero-order chi connectivity index (χ0) is 20.8. The van der Waals surface area contributed by atoms with E-state index in [9.17, 15) is 19.2 Å². The van der Waals surface area contributed by atoms with Gasteiger partial charge in [0.05, 0.1) is 0 Å². The molecule has 0 aliphatic carbocycles. The molecule has 8 heteroatoms. The van der Waals surface area contributed by atoms with Crippen molar-refractivity contribution in [1.29, 1.82) is 0 Å². The van der Waals surface area contributed by atoms with E-state index in [4.69, 9.17) is 9.15 Å². The highest BCUT2D eigenvalue weighted by Gasteiger charge is 2.28. The van der Waals surface area contributed by atoms with Gasteiger partial charge in [-0.1, -0.05) is 48.5 Å². The van der Waals surface area contributed by atoms with Crippen LogP contribution in [0.4, 0.5) is 4.79 Å². The maximum absolute atomic E-state index is 12.6. The highest BCUT2D eigenvalue weighted by molar-refractivity contribution is 5.99. The topological polar surface area (TPSA) is 115 Å². The van der Waals surface area contributed by atoms with Crippen LogP contribution in [-0.2, 0) is 9.53 Å². The summed E-state index contributed by atoms with van der Waals surface area (Å²) in [5.41, 5.74) is -0.574. The lowest BCUT2D eigenvalue weighted by Crippen LogP contribution is -2.42. The average molecular weight is 394 g/mol. The van der Waals surface area contributed by atoms with E-state index in [1.54, 1.807) is 61.5 Å². The highest BCUT2D eigenvalue weighted by Crippen LogP contribution is 2.20. The molecule has 0 radical (unpaired) electrons. The Morgan fingerprint density at radius 2 is 1.72 bits per heavy atom. The SMILES string of the molecule is CCNC(=O)NC(=O)[C@H](OC(=O)c1cc2ccccc2oc1=O)c1ccccc1. The lowest BCUT2D eigenvalue weighted by molar-refractivity contribution is -0.129. The van der Waals surface area contributed by atoms with Gasteiger partial charge in [-0.05, 0) is 19.1 Å². The summed E-state index contributed by atoms with van der Waals surface area (Å²) in [5, 5.41) is 5.06. The molecule has 3 aromatic rings. The average Bonchev–Trinajstić information content (AvgIpc) is 2.72. The van der Waals surface area contributed by atoms with E-state index in [0.29, 0.717) is 23.1 Å². The normalized spacial score (nSPS) is 11.5. The Bertz CT molecular complexity index is 1110. The van der Waals surface area contributed by atoms with Crippen molar-refractivity contribution in [2.45, 2.75) is 13.0 Å². The number of hydrogen-bond acceptors (Lipinski definition) is 6. The molecule has 148 valence electrons. The van der Waals surface area contributed by atoms with Crippen LogP contribution in [0, 0.1) is 0 Å². The minimum absolute atomic E-state index is 0.313. The number of urea groups is 1. The van der Waals surface area contributed by atoms with Gasteiger partial charge in [0.2, 0.25) is 6.10 Å². The van der Waals surface area contributed by atoms with Crippen molar-refractivity contribution in [1.82, 2.24) is 10.6 Å². The maximum atomic E-state index is 12.6. The van der Waals surface area contributed by atoms with Gasteiger partial charge in [0.1, 0.15) is 11.1 Å². The second-order valence-corrected chi connectivity index (χ2v) is 6.03. The number of fused-ring (bicyclic) bond motifs is 1. The number of hydrogen-bond donors (Lipinski definition) is 2. The molecule has 8 nitrogen and oxygen atoms in total. The van der Waals surface area contributed by atoms with Gasteiger partial charge in [-0.15, -0.1) is 0 Å². The number of carbonyl (C=O) groups is 3. The lowest BCUT2D eigenvalue weighted by atomic mass is 10.1. The molecule has 1 atom stereocenters. The van der Waals surface area contributed by atoms with E-state index >= 15 is 0 Å². The van der Waals surface area contributed by atoms with E-state index in [1.807, 2.05) is 0 Å². The van der Waals surface area contributed by atoms with E-state index in [-0.39, 0.29) is 5.56 Å². The summed E-state index contributed by atoms with van der Waals surface area (Å²) < 4.78 is 10.4. The number of rotatable bonds is 5. The molecule has 0 spiro atoms. The summed E-state index contributed by atoms with van der Waals surface area (Å²) in [5.74, 6) is -1.88. The first kappa shape index (κ1) is 19.8. The summed E-state index contributed by atoms with van der Waals surface area (Å²) in [4.78, 5) is 49.1. The minimum atomic E-state index is -1.43. The van der Waals surface area contributed by atoms with Crippen LogP contribution >= 0.6 is 0 Å². The number of esters is 1. The molecule has 29 heavy (non-hydrogen) atoms. The molecule has 3 rings (SSSR count). The van der Waals surface area contributed by atoms with E-state index < -0.39 is 29.6 Å². The molecular formula is C21H18N2O6. The van der Waals surface area contributed by atoms with Crippen LogP contribution < -0.4 is 16.3 Å². The fraction of sp³-hybridized carbons (Fsp3) is 0.143. The lowest BCUT2D eigenvalue weighted by Gasteiger charge is -2.17. The van der Waals surface area contributed by atoms with E-state index in [0.717, 1.165) is 0 Å². The van der Waals surface area contributed by atoms with Gasteiger partial charge >= 0.3 is 17.6 Å². The number of carbonyl (C=O) groups excluding carboxylic acids is 3. The van der Waals surface area contributed by atoms with Crippen molar-refractivity contribution in [2.75, 3.05) is 6.54 Å². The minimum Gasteiger partial charge on any atom is -0.443 e. The van der Waals surface area contributed by atoms with Crippen LogP contribution in [0.2, 0.25) is 0 Å². The van der Waals surface area contributed by atoms with Crippen LogP contribution in [0.1, 0.15) is 28.9 Å². The standard InChI is InChI=1S/C21H18N2O6/c1-2-22-21(27)23-18(24)17(13-8-4-3-5-9-13)29-20(26)15-12-14-10-6-7-11-16(14)28-19(15)25/h3-12,17H,2H2,1H3,(H2,22,23,24,27)/t17-/m1/s1. The van der Waals surface area contributed by atoms with Gasteiger partial charge in [-0.3, -0.25) is 10.1 Å². The van der Waals surface area contributed by atoms with Crippen molar-refractivity contribution < 1.29 is 23.5 Å². The summed E-state index contributed by atoms with van der Waals surface area (Å²) in [7, 11) is 0. The molecule has 0 saturated heterocycles. The number of ether oxygens (including phenoxy) is 1. The zero-order valence-corrected chi connectivity index (χ0v) is 15.5. The number of para-hydroxylation sites is 1. The largest absolute Gasteiger partial charge is 0.443 e. The Morgan fingerprint density at radius 1 is 1.03 bits per heavy atom. The molecule has 1 aromatic heterocycles. The molecule has 2 N–H and O–H groups in total. The van der Waals surface area contributed by atoms with Gasteiger partial charge < -0.3 is 14.5 Å². The summed E-state index contributed by atoms with van der Waals surface area (Å²) in [6, 6.07) is 15.5. The Morgan fingerprint density at radius 3 is 2.45 bits per heavy atom. The van der Waals surface area contributed by atoms with Gasteiger partial charge in [0.15, 0.2) is 0 Å². The number of amides is 3. The predicted molar refractivity (Wildman–Crippen MR) is 104 cm³/mol. The monoisotopic (exact) mass is 394 g/mol. The van der Waals surface area contributed by atoms with Crippen molar-refractivity contribution >= 4 is 28.9 Å². The molecule has 3 amide bonds. The third-order valence-electron chi connectivity index (χ3n) is 4.00. The second kappa shape index (κ2) is 8.83. The van der Waals surface area contributed by atoms with Gasteiger partial charge in [0.25, 0.3) is 5.91 Å². The van der Waals surface area contributed by atoms with Crippen molar-refractivity contribution in [3.05, 3.63) is 82.2 Å². The fourth-order valence-electron chi connectivity index (χ4n) is 2.66. The van der Waals surface area contributed by atoms with Crippen molar-refractivity contribution in [3.8, 4) is 0 Å². The first-order valence-corrected chi connectivity index (χ1v) is 8.87. The first-order valence-electron chi connectivity index (χ1n) is 8.87. The number of benzene rings is 2. The molecule has 1 heterocycles. The molecule has 0 unspecified atom stereocenters. The smallest absolute Gasteiger partial charge is 0.351 e. The Kier molecular flexibility index (Phi) is 6.03. The Balaban J connectivity index is 1.90. The van der Waals surface area contributed by atoms with Crippen LogP contribution in [-0.4, -0.2) is 24.5 Å². The maximum Gasteiger partial charge on any atom is 0.351 e. The summed E-state index contributed by atoms with van der Waals surface area (Å²) in [6.45, 7) is 2.00. The Labute approximate surface area is 165 Å². The van der Waals surface area contributed by atoms with E-state index in [2.05, 4.69) is 10.6 Å². The van der Waals surface area contributed by atoms with Crippen molar-refractivity contribution in [2.24, 2.45) is 0 Å². The Hall–Kier alpha value is -3.94. The molecule has 0 saturated carbocycles. The van der Waals surface area contributed by atoms with Crippen LogP contribution in [0.3, 0.4) is 0 Å². The zero-order valence-electron chi connectivity index (χ0n) is 15.5. The predicted octanol–water partition coefficient (Wildman–Crippen LogP) is 2.54. The summed E-state index contributed by atoms with van der Waals surface area (Å²) >= 11 is 0. The van der Waals surface area contributed by atoms with Gasteiger partial charge in [0, 0.05) is 17.5 Å². The van der Waals surface area contributed by atoms with E-state index in [1.165, 1.54) is 6.07 Å². The molecule has 0 bridgehead atoms. The van der Waals surface area contributed by atoms with Crippen LogP contribution in [0.5, 0.6) is 0 Å². The second-order valence-electron chi connectivity index (χ2n) is 6.03. The van der Waals surface area contributed by atoms with Crippen LogP contribution in [0.15, 0.2) is 69.9 Å². The molecule has 0 aliphatic heterocycles. The van der Waals surface area contributed by atoms with Gasteiger partial charge in [-0.2, -0.15) is 0 Å². The highest BCUT2D eigenvalue weighted by atomic mass is 16.5. The van der Waals surface area contributed by atoms with Crippen LogP contribution in [0.25, 0.3) is 11.0 Å². The fourth-order valence-corrected chi connectivity index (χ4v) is 2.66. The van der Waals surface area contributed by atoms with Gasteiger partial charge in [-0.25, -0.2) is 14.4 Å². The summed E-state index contributed by atoms with van der Waals surface area (Å²) in [6.07, 6.45) is -1.43. The molecule has 0 aliphatic rings. The number of imide groups is 1. The number of nitrogens with one attached hydrogen (secondary N) is 2.